The summed E-state index contributed by atoms with van der Waals surface area (Å²) in [4.78, 5) is 19.4. The Morgan fingerprint density at radius 2 is 1.88 bits per heavy atom. The van der Waals surface area contributed by atoms with Crippen LogP contribution >= 0.6 is 11.6 Å². The summed E-state index contributed by atoms with van der Waals surface area (Å²) >= 11 is 5.91. The number of benzene rings is 2. The number of amides is 1. The summed E-state index contributed by atoms with van der Waals surface area (Å²) in [6, 6.07) is 14.4. The first kappa shape index (κ1) is 21.2. The van der Waals surface area contributed by atoms with Crippen molar-refractivity contribution in [2.45, 2.75) is 56.9 Å². The van der Waals surface area contributed by atoms with E-state index in [2.05, 4.69) is 15.2 Å². The summed E-state index contributed by atoms with van der Waals surface area (Å²) in [5.74, 6) is -0.421. The Bertz CT molecular complexity index is 1130. The average molecular weight is 454 g/mol. The highest BCUT2D eigenvalue weighted by atomic mass is 35.5. The topological polar surface area (TPSA) is 54.5 Å². The molecule has 2 saturated heterocycles. The number of piperidine rings is 1. The molecular formula is C25H25ClFN3O2. The number of carbonyl (C=O) groups excluding carboxylic acids is 1. The highest BCUT2D eigenvalue weighted by Crippen LogP contribution is 2.42. The van der Waals surface area contributed by atoms with Gasteiger partial charge in [-0.2, -0.15) is 0 Å². The van der Waals surface area contributed by atoms with Crippen LogP contribution in [-0.4, -0.2) is 35.2 Å². The van der Waals surface area contributed by atoms with E-state index in [1.165, 1.54) is 6.07 Å². The van der Waals surface area contributed by atoms with Gasteiger partial charge < -0.3 is 15.0 Å². The van der Waals surface area contributed by atoms with E-state index in [0.717, 1.165) is 42.3 Å². The predicted octanol–water partition coefficient (Wildman–Crippen LogP) is 5.57. The number of rotatable bonds is 5. The second kappa shape index (κ2) is 8.68. The van der Waals surface area contributed by atoms with Gasteiger partial charge in [0.2, 0.25) is 0 Å². The third kappa shape index (κ3) is 4.17. The maximum Gasteiger partial charge on any atom is 0.253 e. The lowest BCUT2D eigenvalue weighted by Gasteiger charge is -2.41. The van der Waals surface area contributed by atoms with Crippen molar-refractivity contribution in [3.8, 4) is 0 Å². The number of hydrogen-bond acceptors (Lipinski definition) is 4. The minimum Gasteiger partial charge on any atom is -0.365 e. The van der Waals surface area contributed by atoms with Gasteiger partial charge in [0.05, 0.1) is 11.6 Å². The Morgan fingerprint density at radius 3 is 2.59 bits per heavy atom. The van der Waals surface area contributed by atoms with Crippen LogP contribution in [-0.2, 0) is 9.53 Å². The summed E-state index contributed by atoms with van der Waals surface area (Å²) in [7, 11) is 0. The highest BCUT2D eigenvalue weighted by Gasteiger charge is 2.42. The smallest absolute Gasteiger partial charge is 0.253 e. The van der Waals surface area contributed by atoms with Crippen LogP contribution in [0.2, 0.25) is 5.02 Å². The van der Waals surface area contributed by atoms with Gasteiger partial charge in [0.15, 0.2) is 0 Å². The number of halogens is 2. The number of nitrogens with zero attached hydrogens (tertiary/aromatic N) is 2. The summed E-state index contributed by atoms with van der Waals surface area (Å²) in [5, 5.41) is 4.35. The molecule has 5 nitrogen and oxygen atoms in total. The lowest BCUT2D eigenvalue weighted by Crippen LogP contribution is -2.47. The number of aromatic nitrogens is 1. The van der Waals surface area contributed by atoms with E-state index in [1.807, 2.05) is 6.07 Å². The van der Waals surface area contributed by atoms with E-state index in [4.69, 9.17) is 16.3 Å². The molecule has 0 spiro atoms. The molecule has 1 N–H and O–H groups in total. The SMILES string of the molecule is CC(OC1CC2CCC(C1)N2c1ccnc2ccc(F)cc12)C(=O)Nc1ccc(Cl)cc1. The van der Waals surface area contributed by atoms with Crippen molar-refractivity contribution in [2.24, 2.45) is 0 Å². The number of anilines is 2. The van der Waals surface area contributed by atoms with E-state index in [-0.39, 0.29) is 17.8 Å². The fourth-order valence-electron chi connectivity index (χ4n) is 5.09. The van der Waals surface area contributed by atoms with Crippen LogP contribution in [0.15, 0.2) is 54.7 Å². The first-order chi connectivity index (χ1) is 15.5. The van der Waals surface area contributed by atoms with Crippen molar-refractivity contribution in [3.63, 3.8) is 0 Å². The molecule has 32 heavy (non-hydrogen) atoms. The van der Waals surface area contributed by atoms with Gasteiger partial charge in [-0.3, -0.25) is 9.78 Å². The van der Waals surface area contributed by atoms with Crippen LogP contribution in [0.25, 0.3) is 10.9 Å². The van der Waals surface area contributed by atoms with Crippen LogP contribution in [0.3, 0.4) is 0 Å². The molecular weight excluding hydrogens is 429 g/mol. The number of ether oxygens (including phenoxy) is 1. The minimum atomic E-state index is -0.558. The lowest BCUT2D eigenvalue weighted by atomic mass is 9.97. The van der Waals surface area contributed by atoms with E-state index in [9.17, 15) is 9.18 Å². The van der Waals surface area contributed by atoms with Crippen molar-refractivity contribution in [1.82, 2.24) is 4.98 Å². The van der Waals surface area contributed by atoms with Crippen LogP contribution in [0.5, 0.6) is 0 Å². The predicted molar refractivity (Wildman–Crippen MR) is 125 cm³/mol. The van der Waals surface area contributed by atoms with Gasteiger partial charge in [0.25, 0.3) is 5.91 Å². The van der Waals surface area contributed by atoms with Crippen LogP contribution in [0, 0.1) is 5.82 Å². The van der Waals surface area contributed by atoms with Gasteiger partial charge in [-0.25, -0.2) is 4.39 Å². The fourth-order valence-corrected chi connectivity index (χ4v) is 5.21. The van der Waals surface area contributed by atoms with Gasteiger partial charge in [-0.05, 0) is 81.1 Å². The summed E-state index contributed by atoms with van der Waals surface area (Å²) in [5.41, 5.74) is 2.53. The van der Waals surface area contributed by atoms with Crippen molar-refractivity contribution in [1.29, 1.82) is 0 Å². The molecule has 0 saturated carbocycles. The summed E-state index contributed by atoms with van der Waals surface area (Å²) in [6.07, 6.45) is 5.06. The maximum absolute atomic E-state index is 13.9. The molecule has 5 rings (SSSR count). The van der Waals surface area contributed by atoms with E-state index >= 15 is 0 Å². The van der Waals surface area contributed by atoms with Gasteiger partial charge in [0.1, 0.15) is 11.9 Å². The lowest BCUT2D eigenvalue weighted by molar-refractivity contribution is -0.131. The van der Waals surface area contributed by atoms with Crippen molar-refractivity contribution < 1.29 is 13.9 Å². The molecule has 3 heterocycles. The molecule has 2 aliphatic heterocycles. The van der Waals surface area contributed by atoms with Gasteiger partial charge >= 0.3 is 0 Å². The molecule has 2 aromatic carbocycles. The average Bonchev–Trinajstić information content (AvgIpc) is 3.04. The van der Waals surface area contributed by atoms with Gasteiger partial charge in [-0.15, -0.1) is 0 Å². The first-order valence-electron chi connectivity index (χ1n) is 11.0. The van der Waals surface area contributed by atoms with Crippen molar-refractivity contribution >= 4 is 39.8 Å². The normalized spacial score (nSPS) is 23.3. The Hall–Kier alpha value is -2.70. The quantitative estimate of drug-likeness (QED) is 0.548. The monoisotopic (exact) mass is 453 g/mol. The molecule has 166 valence electrons. The molecule has 3 atom stereocenters. The maximum atomic E-state index is 13.9. The molecule has 2 fully saturated rings. The Morgan fingerprint density at radius 1 is 1.16 bits per heavy atom. The molecule has 2 bridgehead atoms. The molecule has 0 radical (unpaired) electrons. The molecule has 7 heteroatoms. The Kier molecular flexibility index (Phi) is 5.74. The van der Waals surface area contributed by atoms with Crippen molar-refractivity contribution in [3.05, 3.63) is 65.6 Å². The number of carbonyl (C=O) groups is 1. The fraction of sp³-hybridized carbons (Fsp3) is 0.360. The van der Waals surface area contributed by atoms with Crippen LogP contribution in [0.4, 0.5) is 15.8 Å². The van der Waals surface area contributed by atoms with E-state index in [1.54, 1.807) is 49.5 Å². The molecule has 1 amide bonds. The molecule has 0 aliphatic carbocycles. The highest BCUT2D eigenvalue weighted by molar-refractivity contribution is 6.30. The van der Waals surface area contributed by atoms with Crippen molar-refractivity contribution in [2.75, 3.05) is 10.2 Å². The standard InChI is InChI=1S/C25H25ClFN3O2/c1-15(25(31)29-18-5-2-16(26)3-6-18)32-21-13-19-7-8-20(14-21)30(19)24-10-11-28-23-9-4-17(27)12-22(23)24/h2-6,9-12,15,19-21H,7-8,13-14H2,1H3,(H,29,31). The van der Waals surface area contributed by atoms with E-state index in [0.29, 0.717) is 22.8 Å². The zero-order valence-corrected chi connectivity index (χ0v) is 18.6. The Balaban J connectivity index is 1.27. The first-order valence-corrected chi connectivity index (χ1v) is 11.4. The third-order valence-electron chi connectivity index (χ3n) is 6.53. The third-order valence-corrected chi connectivity index (χ3v) is 6.78. The number of pyridine rings is 1. The molecule has 1 aromatic heterocycles. The van der Waals surface area contributed by atoms with Crippen LogP contribution < -0.4 is 10.2 Å². The minimum absolute atomic E-state index is 0.0135. The molecule has 3 aromatic rings. The second-order valence-corrected chi connectivity index (χ2v) is 9.09. The van der Waals surface area contributed by atoms with Gasteiger partial charge in [-0.1, -0.05) is 11.6 Å². The number of hydrogen-bond donors (Lipinski definition) is 1. The number of nitrogens with one attached hydrogen (secondary N) is 1. The zero-order valence-electron chi connectivity index (χ0n) is 17.8. The number of fused-ring (bicyclic) bond motifs is 3. The largest absolute Gasteiger partial charge is 0.365 e. The van der Waals surface area contributed by atoms with Gasteiger partial charge in [0, 0.05) is 40.1 Å². The van der Waals surface area contributed by atoms with E-state index < -0.39 is 6.10 Å². The molecule has 3 unspecified atom stereocenters. The summed E-state index contributed by atoms with van der Waals surface area (Å²) in [6.45, 7) is 1.79. The molecule has 2 aliphatic rings. The second-order valence-electron chi connectivity index (χ2n) is 8.65. The zero-order chi connectivity index (χ0) is 22.2. The summed E-state index contributed by atoms with van der Waals surface area (Å²) < 4.78 is 20.1. The van der Waals surface area contributed by atoms with Crippen LogP contribution in [0.1, 0.15) is 32.6 Å². The Labute approximate surface area is 191 Å².